The first kappa shape index (κ1) is 14.7. The van der Waals surface area contributed by atoms with Gasteiger partial charge in [0.25, 0.3) is 0 Å². The minimum Gasteiger partial charge on any atom is -0.441 e. The Kier molecular flexibility index (Phi) is 2.91. The largest absolute Gasteiger partial charge is 0.441 e. The summed E-state index contributed by atoms with van der Waals surface area (Å²) >= 11 is 6.28. The number of anilines is 1. The maximum absolute atomic E-state index is 13.6. The third-order valence-electron chi connectivity index (χ3n) is 4.64. The molecule has 1 saturated carbocycles. The number of alkyl halides is 2. The van der Waals surface area contributed by atoms with Crippen LogP contribution in [0.5, 0.6) is 0 Å². The van der Waals surface area contributed by atoms with E-state index < -0.39 is 17.5 Å². The van der Waals surface area contributed by atoms with Gasteiger partial charge in [0.15, 0.2) is 11.5 Å². The molecule has 0 saturated heterocycles. The molecule has 2 heterocycles. The van der Waals surface area contributed by atoms with Gasteiger partial charge in [-0.2, -0.15) is 0 Å². The summed E-state index contributed by atoms with van der Waals surface area (Å²) in [5, 5.41) is 5.82. The van der Waals surface area contributed by atoms with E-state index in [1.54, 1.807) is 13.0 Å². The van der Waals surface area contributed by atoms with Crippen LogP contribution in [0.15, 0.2) is 10.5 Å². The highest BCUT2D eigenvalue weighted by Gasteiger charge is 2.49. The van der Waals surface area contributed by atoms with Crippen molar-refractivity contribution in [2.75, 3.05) is 5.32 Å². The number of aromatic nitrogens is 1. The molecular formula is C15H14ClF2N3O2. The topological polar surface area (TPSA) is 67.2 Å². The van der Waals surface area contributed by atoms with Crippen molar-refractivity contribution < 1.29 is 18.0 Å². The van der Waals surface area contributed by atoms with Crippen LogP contribution in [0.2, 0.25) is 5.02 Å². The Morgan fingerprint density at radius 2 is 2.00 bits per heavy atom. The highest BCUT2D eigenvalue weighted by atomic mass is 35.5. The molecule has 2 amide bonds. The second-order valence-corrected chi connectivity index (χ2v) is 6.61. The van der Waals surface area contributed by atoms with E-state index in [4.69, 9.17) is 16.0 Å². The van der Waals surface area contributed by atoms with Crippen molar-refractivity contribution in [2.45, 2.75) is 44.1 Å². The number of carbonyl (C=O) groups excluding carboxylic acids is 1. The lowest BCUT2D eigenvalue weighted by molar-refractivity contribution is -0.0552. The predicted molar refractivity (Wildman–Crippen MR) is 81.0 cm³/mol. The highest BCUT2D eigenvalue weighted by Crippen LogP contribution is 2.51. The van der Waals surface area contributed by atoms with E-state index in [-0.39, 0.29) is 25.7 Å². The zero-order chi connectivity index (χ0) is 16.4. The SMILES string of the molecule is Cc1nc2cc(Cl)c3c(c2o1)C1(CCC(F)(F)CC1)NC(=O)N3. The molecule has 8 heteroatoms. The lowest BCUT2D eigenvalue weighted by Gasteiger charge is -2.44. The summed E-state index contributed by atoms with van der Waals surface area (Å²) in [5.74, 6) is -2.26. The minimum atomic E-state index is -2.71. The first-order valence-corrected chi connectivity index (χ1v) is 7.75. The summed E-state index contributed by atoms with van der Waals surface area (Å²) in [6.07, 6.45) is -0.354. The normalized spacial score (nSPS) is 21.8. The molecule has 1 aromatic heterocycles. The molecule has 4 rings (SSSR count). The summed E-state index contributed by atoms with van der Waals surface area (Å²) < 4.78 is 32.9. The van der Waals surface area contributed by atoms with Crippen molar-refractivity contribution in [3.05, 3.63) is 22.5 Å². The van der Waals surface area contributed by atoms with Crippen LogP contribution < -0.4 is 10.6 Å². The number of aryl methyl sites for hydroxylation is 1. The number of carbonyl (C=O) groups is 1. The monoisotopic (exact) mass is 341 g/mol. The molecule has 1 fully saturated rings. The van der Waals surface area contributed by atoms with E-state index in [9.17, 15) is 13.6 Å². The molecule has 5 nitrogen and oxygen atoms in total. The Hall–Kier alpha value is -1.89. The lowest BCUT2D eigenvalue weighted by atomic mass is 9.73. The fraction of sp³-hybridized carbons (Fsp3) is 0.467. The fourth-order valence-corrected chi connectivity index (χ4v) is 3.81. The van der Waals surface area contributed by atoms with E-state index in [0.29, 0.717) is 33.3 Å². The van der Waals surface area contributed by atoms with Crippen LogP contribution >= 0.6 is 11.6 Å². The summed E-state index contributed by atoms with van der Waals surface area (Å²) in [4.78, 5) is 16.3. The van der Waals surface area contributed by atoms with Gasteiger partial charge in [-0.1, -0.05) is 11.6 Å². The Morgan fingerprint density at radius 1 is 1.30 bits per heavy atom. The summed E-state index contributed by atoms with van der Waals surface area (Å²) in [7, 11) is 0. The number of nitrogens with zero attached hydrogens (tertiary/aromatic N) is 1. The van der Waals surface area contributed by atoms with Crippen LogP contribution in [0.1, 0.15) is 37.1 Å². The number of rotatable bonds is 0. The zero-order valence-corrected chi connectivity index (χ0v) is 13.1. The molecule has 2 aromatic rings. The molecule has 2 N–H and O–H groups in total. The van der Waals surface area contributed by atoms with Crippen LogP contribution in [0, 0.1) is 6.92 Å². The molecule has 0 radical (unpaired) electrons. The van der Waals surface area contributed by atoms with Gasteiger partial charge in [0.1, 0.15) is 5.52 Å². The first-order valence-electron chi connectivity index (χ1n) is 7.37. The number of hydrogen-bond acceptors (Lipinski definition) is 3. The van der Waals surface area contributed by atoms with E-state index in [1.165, 1.54) is 0 Å². The second kappa shape index (κ2) is 4.56. The maximum Gasteiger partial charge on any atom is 0.319 e. The Bertz CT molecular complexity index is 824. The van der Waals surface area contributed by atoms with Gasteiger partial charge in [-0.25, -0.2) is 18.6 Å². The van der Waals surface area contributed by atoms with Gasteiger partial charge in [-0.15, -0.1) is 0 Å². The second-order valence-electron chi connectivity index (χ2n) is 6.21. The average molecular weight is 342 g/mol. The van der Waals surface area contributed by atoms with Gasteiger partial charge >= 0.3 is 6.03 Å². The molecule has 1 spiro atoms. The average Bonchev–Trinajstić information content (AvgIpc) is 2.82. The quantitative estimate of drug-likeness (QED) is 0.749. The van der Waals surface area contributed by atoms with Crippen LogP contribution in [0.4, 0.5) is 19.3 Å². The third-order valence-corrected chi connectivity index (χ3v) is 4.94. The molecule has 0 unspecified atom stereocenters. The van der Waals surface area contributed by atoms with E-state index in [0.717, 1.165) is 0 Å². The zero-order valence-electron chi connectivity index (χ0n) is 12.3. The Labute approximate surface area is 135 Å². The number of amides is 2. The highest BCUT2D eigenvalue weighted by molar-refractivity contribution is 6.35. The fourth-order valence-electron chi connectivity index (χ4n) is 3.57. The Morgan fingerprint density at radius 3 is 2.70 bits per heavy atom. The molecule has 2 aliphatic rings. The molecular weight excluding hydrogens is 328 g/mol. The van der Waals surface area contributed by atoms with E-state index >= 15 is 0 Å². The smallest absolute Gasteiger partial charge is 0.319 e. The van der Waals surface area contributed by atoms with Crippen LogP contribution in [0.25, 0.3) is 11.1 Å². The van der Waals surface area contributed by atoms with Gasteiger partial charge in [-0.3, -0.25) is 0 Å². The number of halogens is 3. The molecule has 1 aliphatic heterocycles. The number of oxazole rings is 1. The van der Waals surface area contributed by atoms with Crippen LogP contribution in [0.3, 0.4) is 0 Å². The van der Waals surface area contributed by atoms with E-state index in [2.05, 4.69) is 15.6 Å². The third kappa shape index (κ3) is 2.17. The molecule has 122 valence electrons. The van der Waals surface area contributed by atoms with Gasteiger partial charge in [0.05, 0.1) is 16.2 Å². The van der Waals surface area contributed by atoms with Crippen molar-refractivity contribution >= 4 is 34.4 Å². The molecule has 0 bridgehead atoms. The number of hydrogen-bond donors (Lipinski definition) is 2. The van der Waals surface area contributed by atoms with Crippen molar-refractivity contribution in [3.8, 4) is 0 Å². The Balaban J connectivity index is 1.97. The van der Waals surface area contributed by atoms with Crippen LogP contribution in [-0.2, 0) is 5.54 Å². The van der Waals surface area contributed by atoms with Crippen LogP contribution in [-0.4, -0.2) is 16.9 Å². The predicted octanol–water partition coefficient (Wildman–Crippen LogP) is 4.33. The summed E-state index contributed by atoms with van der Waals surface area (Å²) in [6.45, 7) is 1.71. The molecule has 23 heavy (non-hydrogen) atoms. The number of benzene rings is 1. The van der Waals surface area contributed by atoms with Crippen molar-refractivity contribution in [3.63, 3.8) is 0 Å². The molecule has 1 aliphatic carbocycles. The summed E-state index contributed by atoms with van der Waals surface area (Å²) in [5.41, 5.74) is 1.18. The van der Waals surface area contributed by atoms with Gasteiger partial charge in [0, 0.05) is 25.3 Å². The first-order chi connectivity index (χ1) is 10.8. The minimum absolute atomic E-state index is 0.121. The number of urea groups is 1. The standard InChI is InChI=1S/C15H14ClF2N3O2/c1-7-19-9-6-8(16)11-10(12(9)23-7)14(21-13(22)20-11)2-4-15(17,18)5-3-14/h6H,2-5H2,1H3,(H2,20,21,22). The lowest BCUT2D eigenvalue weighted by Crippen LogP contribution is -2.54. The van der Waals surface area contributed by atoms with Gasteiger partial charge in [0.2, 0.25) is 5.92 Å². The summed E-state index contributed by atoms with van der Waals surface area (Å²) in [6, 6.07) is 1.17. The maximum atomic E-state index is 13.6. The van der Waals surface area contributed by atoms with Gasteiger partial charge in [-0.05, 0) is 18.9 Å². The van der Waals surface area contributed by atoms with Gasteiger partial charge < -0.3 is 15.1 Å². The van der Waals surface area contributed by atoms with Crippen molar-refractivity contribution in [1.82, 2.24) is 10.3 Å². The molecule has 0 atom stereocenters. The number of fused-ring (bicyclic) bond motifs is 4. The van der Waals surface area contributed by atoms with Crippen molar-refractivity contribution in [2.24, 2.45) is 0 Å². The van der Waals surface area contributed by atoms with Crippen molar-refractivity contribution in [1.29, 1.82) is 0 Å². The number of nitrogens with one attached hydrogen (secondary N) is 2. The van der Waals surface area contributed by atoms with E-state index in [1.807, 2.05) is 0 Å². The molecule has 1 aromatic carbocycles.